The molecule has 0 heterocycles. The number of hydrogen-bond acceptors (Lipinski definition) is 2. The lowest BCUT2D eigenvalue weighted by atomic mass is 9.79. The zero-order chi connectivity index (χ0) is 12.0. The van der Waals surface area contributed by atoms with Crippen LogP contribution in [0.2, 0.25) is 0 Å². The molecule has 0 aromatic heterocycles. The first-order valence-corrected chi connectivity index (χ1v) is 6.96. The van der Waals surface area contributed by atoms with E-state index in [4.69, 9.17) is 16.3 Å². The molecule has 1 atom stereocenters. The highest BCUT2D eigenvalue weighted by Crippen LogP contribution is 2.32. The number of ether oxygens (including phenoxy) is 1. The minimum Gasteiger partial charge on any atom is -0.462 e. The molecule has 0 spiro atoms. The maximum absolute atomic E-state index is 11.3. The lowest BCUT2D eigenvalue weighted by Gasteiger charge is -2.31. The second-order valence-corrected chi connectivity index (χ2v) is 5.23. The minimum atomic E-state index is -0.137. The van der Waals surface area contributed by atoms with Gasteiger partial charge in [-0.05, 0) is 37.5 Å². The third-order valence-corrected chi connectivity index (χ3v) is 3.95. The van der Waals surface area contributed by atoms with Crippen molar-refractivity contribution >= 4 is 17.6 Å². The first kappa shape index (κ1) is 13.8. The molecule has 0 N–H and O–H groups in total. The van der Waals surface area contributed by atoms with Crippen LogP contribution in [0.25, 0.3) is 0 Å². The highest BCUT2D eigenvalue weighted by molar-refractivity contribution is 6.18. The molecule has 0 aromatic carbocycles. The van der Waals surface area contributed by atoms with Gasteiger partial charge in [0, 0.05) is 5.88 Å². The molecular formula is C13H23ClO2. The van der Waals surface area contributed by atoms with Crippen LogP contribution in [-0.4, -0.2) is 18.0 Å². The molecule has 3 heteroatoms. The second-order valence-electron chi connectivity index (χ2n) is 4.85. The largest absolute Gasteiger partial charge is 0.462 e. The molecule has 1 aliphatic rings. The van der Waals surface area contributed by atoms with E-state index in [9.17, 15) is 4.79 Å². The second kappa shape index (κ2) is 7.16. The average Bonchev–Trinajstić information content (AvgIpc) is 2.29. The Hall–Kier alpha value is -0.240. The molecule has 1 fully saturated rings. The summed E-state index contributed by atoms with van der Waals surface area (Å²) in [5, 5.41) is 0. The fourth-order valence-electron chi connectivity index (χ4n) is 2.43. The van der Waals surface area contributed by atoms with Crippen LogP contribution in [0.3, 0.4) is 0 Å². The minimum absolute atomic E-state index is 0.137. The SMILES string of the molecule is CCC(C)C1CCC(OC(=O)CCCl)CC1. The van der Waals surface area contributed by atoms with E-state index >= 15 is 0 Å². The van der Waals surface area contributed by atoms with Crippen molar-refractivity contribution in [1.29, 1.82) is 0 Å². The van der Waals surface area contributed by atoms with Crippen LogP contribution >= 0.6 is 11.6 Å². The Morgan fingerprint density at radius 1 is 1.38 bits per heavy atom. The Bertz CT molecular complexity index is 210. The number of hydrogen-bond donors (Lipinski definition) is 0. The first-order chi connectivity index (χ1) is 7.67. The topological polar surface area (TPSA) is 26.3 Å². The fraction of sp³-hybridized carbons (Fsp3) is 0.923. The maximum Gasteiger partial charge on any atom is 0.307 e. The van der Waals surface area contributed by atoms with Crippen LogP contribution < -0.4 is 0 Å². The maximum atomic E-state index is 11.3. The molecule has 1 aliphatic carbocycles. The molecule has 1 saturated carbocycles. The molecule has 1 rings (SSSR count). The Balaban J connectivity index is 2.24. The number of esters is 1. The van der Waals surface area contributed by atoms with E-state index < -0.39 is 0 Å². The number of carbonyl (C=O) groups excluding carboxylic acids is 1. The van der Waals surface area contributed by atoms with E-state index in [-0.39, 0.29) is 12.1 Å². The van der Waals surface area contributed by atoms with Gasteiger partial charge in [-0.25, -0.2) is 0 Å². The monoisotopic (exact) mass is 246 g/mol. The molecule has 0 saturated heterocycles. The van der Waals surface area contributed by atoms with Gasteiger partial charge in [0.05, 0.1) is 6.42 Å². The highest BCUT2D eigenvalue weighted by atomic mass is 35.5. The predicted molar refractivity (Wildman–Crippen MR) is 66.6 cm³/mol. The van der Waals surface area contributed by atoms with Gasteiger partial charge in [-0.3, -0.25) is 4.79 Å². The van der Waals surface area contributed by atoms with Crippen LogP contribution in [0.4, 0.5) is 0 Å². The van der Waals surface area contributed by atoms with Crippen molar-refractivity contribution in [3.8, 4) is 0 Å². The van der Waals surface area contributed by atoms with Crippen molar-refractivity contribution in [2.75, 3.05) is 5.88 Å². The molecule has 94 valence electrons. The molecule has 0 bridgehead atoms. The van der Waals surface area contributed by atoms with E-state index in [1.165, 1.54) is 19.3 Å². The summed E-state index contributed by atoms with van der Waals surface area (Å²) in [6.07, 6.45) is 6.21. The van der Waals surface area contributed by atoms with E-state index in [1.54, 1.807) is 0 Å². The summed E-state index contributed by atoms with van der Waals surface area (Å²) in [6.45, 7) is 4.57. The molecular weight excluding hydrogens is 224 g/mol. The quantitative estimate of drug-likeness (QED) is 0.545. The van der Waals surface area contributed by atoms with Gasteiger partial charge in [0.15, 0.2) is 0 Å². The third kappa shape index (κ3) is 4.32. The van der Waals surface area contributed by atoms with E-state index in [0.29, 0.717) is 12.3 Å². The Labute approximate surface area is 104 Å². The summed E-state index contributed by atoms with van der Waals surface area (Å²) < 4.78 is 5.37. The molecule has 16 heavy (non-hydrogen) atoms. The summed E-state index contributed by atoms with van der Waals surface area (Å²) in [6, 6.07) is 0. The molecule has 0 aromatic rings. The number of halogens is 1. The standard InChI is InChI=1S/C13H23ClO2/c1-3-10(2)11-4-6-12(7-5-11)16-13(15)8-9-14/h10-12H,3-9H2,1-2H3. The number of rotatable bonds is 5. The number of alkyl halides is 1. The van der Waals surface area contributed by atoms with E-state index in [0.717, 1.165) is 24.7 Å². The zero-order valence-corrected chi connectivity index (χ0v) is 11.1. The average molecular weight is 247 g/mol. The van der Waals surface area contributed by atoms with Crippen molar-refractivity contribution in [1.82, 2.24) is 0 Å². The highest BCUT2D eigenvalue weighted by Gasteiger charge is 2.26. The predicted octanol–water partition coefficient (Wildman–Crippen LogP) is 3.76. The molecule has 0 aliphatic heterocycles. The number of carbonyl (C=O) groups is 1. The van der Waals surface area contributed by atoms with Crippen LogP contribution in [0.15, 0.2) is 0 Å². The van der Waals surface area contributed by atoms with Gasteiger partial charge in [0.1, 0.15) is 6.10 Å². The lowest BCUT2D eigenvalue weighted by molar-refractivity contribution is -0.150. The van der Waals surface area contributed by atoms with Crippen molar-refractivity contribution in [2.45, 2.75) is 58.5 Å². The fourth-order valence-corrected chi connectivity index (χ4v) is 2.59. The van der Waals surface area contributed by atoms with Gasteiger partial charge in [-0.1, -0.05) is 20.3 Å². The van der Waals surface area contributed by atoms with Crippen molar-refractivity contribution in [2.24, 2.45) is 11.8 Å². The van der Waals surface area contributed by atoms with Crippen LogP contribution in [0.5, 0.6) is 0 Å². The van der Waals surface area contributed by atoms with Gasteiger partial charge in [-0.15, -0.1) is 11.6 Å². The van der Waals surface area contributed by atoms with E-state index in [2.05, 4.69) is 13.8 Å². The van der Waals surface area contributed by atoms with Crippen molar-refractivity contribution < 1.29 is 9.53 Å². The Kier molecular flexibility index (Phi) is 6.18. The smallest absolute Gasteiger partial charge is 0.307 e. The van der Waals surface area contributed by atoms with Crippen LogP contribution in [-0.2, 0) is 9.53 Å². The van der Waals surface area contributed by atoms with Crippen molar-refractivity contribution in [3.05, 3.63) is 0 Å². The van der Waals surface area contributed by atoms with Crippen LogP contribution in [0.1, 0.15) is 52.4 Å². The van der Waals surface area contributed by atoms with Gasteiger partial charge >= 0.3 is 5.97 Å². The van der Waals surface area contributed by atoms with E-state index in [1.807, 2.05) is 0 Å². The summed E-state index contributed by atoms with van der Waals surface area (Å²) in [7, 11) is 0. The first-order valence-electron chi connectivity index (χ1n) is 6.42. The van der Waals surface area contributed by atoms with Gasteiger partial charge in [-0.2, -0.15) is 0 Å². The zero-order valence-electron chi connectivity index (χ0n) is 10.4. The molecule has 1 unspecified atom stereocenters. The normalized spacial score (nSPS) is 27.4. The Morgan fingerprint density at radius 2 is 2.00 bits per heavy atom. The lowest BCUT2D eigenvalue weighted by Crippen LogP contribution is -2.27. The summed E-state index contributed by atoms with van der Waals surface area (Å²) in [5.74, 6) is 1.86. The molecule has 0 radical (unpaired) electrons. The summed E-state index contributed by atoms with van der Waals surface area (Å²) in [4.78, 5) is 11.3. The molecule has 2 nitrogen and oxygen atoms in total. The summed E-state index contributed by atoms with van der Waals surface area (Å²) >= 11 is 5.50. The summed E-state index contributed by atoms with van der Waals surface area (Å²) in [5.41, 5.74) is 0. The van der Waals surface area contributed by atoms with Crippen molar-refractivity contribution in [3.63, 3.8) is 0 Å². The van der Waals surface area contributed by atoms with Crippen LogP contribution in [0, 0.1) is 11.8 Å². The third-order valence-electron chi connectivity index (χ3n) is 3.76. The Morgan fingerprint density at radius 3 is 2.50 bits per heavy atom. The van der Waals surface area contributed by atoms with Gasteiger partial charge < -0.3 is 4.74 Å². The van der Waals surface area contributed by atoms with Gasteiger partial charge in [0.25, 0.3) is 0 Å². The van der Waals surface area contributed by atoms with Gasteiger partial charge in [0.2, 0.25) is 0 Å². The molecule has 0 amide bonds.